The summed E-state index contributed by atoms with van der Waals surface area (Å²) in [5.41, 5.74) is 5.43. The molecule has 2 aromatic rings. The summed E-state index contributed by atoms with van der Waals surface area (Å²) >= 11 is 0. The fraction of sp³-hybridized carbons (Fsp3) is 0.333. The second-order valence-corrected chi connectivity index (χ2v) is 5.66. The average Bonchev–Trinajstić information content (AvgIpc) is 2.46. The lowest BCUT2D eigenvalue weighted by atomic mass is 9.89. The van der Waals surface area contributed by atoms with Gasteiger partial charge in [0.05, 0.1) is 6.57 Å². The molecule has 1 aromatic heterocycles. The zero-order chi connectivity index (χ0) is 14.7. The van der Waals surface area contributed by atoms with Crippen molar-refractivity contribution in [2.24, 2.45) is 0 Å². The van der Waals surface area contributed by atoms with E-state index in [9.17, 15) is 0 Å². The lowest BCUT2D eigenvalue weighted by Gasteiger charge is -2.17. The summed E-state index contributed by atoms with van der Waals surface area (Å²) in [6, 6.07) is 8.33. The molecule has 0 fully saturated rings. The Labute approximate surface area is 121 Å². The van der Waals surface area contributed by atoms with Gasteiger partial charge in [-0.2, -0.15) is 0 Å². The number of hydrogen-bond acceptors (Lipinski definition) is 1. The van der Waals surface area contributed by atoms with Gasteiger partial charge < -0.3 is 0 Å². The standard InChI is InChI=1S/C18H20N2/c1-12(2)16-10-15(14-6-8-20-9-7-14)11-17(13(3)4)18(16)19-5/h6-13H,1-4H3. The van der Waals surface area contributed by atoms with Crippen LogP contribution in [0.15, 0.2) is 36.7 Å². The van der Waals surface area contributed by atoms with Crippen molar-refractivity contribution in [1.29, 1.82) is 0 Å². The quantitative estimate of drug-likeness (QED) is 0.665. The number of benzene rings is 1. The molecule has 0 aliphatic heterocycles. The Morgan fingerprint density at radius 3 is 1.80 bits per heavy atom. The molecule has 0 amide bonds. The Morgan fingerprint density at radius 2 is 1.40 bits per heavy atom. The zero-order valence-corrected chi connectivity index (χ0v) is 12.5. The summed E-state index contributed by atoms with van der Waals surface area (Å²) in [6.45, 7) is 16.1. The molecule has 0 radical (unpaired) electrons. The number of nitrogens with zero attached hydrogens (tertiary/aromatic N) is 2. The first-order chi connectivity index (χ1) is 9.54. The van der Waals surface area contributed by atoms with Crippen molar-refractivity contribution in [2.45, 2.75) is 39.5 Å². The predicted molar refractivity (Wildman–Crippen MR) is 84.1 cm³/mol. The first kappa shape index (κ1) is 14.3. The van der Waals surface area contributed by atoms with Crippen LogP contribution < -0.4 is 0 Å². The van der Waals surface area contributed by atoms with E-state index in [0.717, 1.165) is 22.4 Å². The van der Waals surface area contributed by atoms with Crippen molar-refractivity contribution < 1.29 is 0 Å². The van der Waals surface area contributed by atoms with Gasteiger partial charge in [0, 0.05) is 12.4 Å². The monoisotopic (exact) mass is 264 g/mol. The Hall–Kier alpha value is -2.14. The van der Waals surface area contributed by atoms with E-state index in [2.05, 4.69) is 49.7 Å². The van der Waals surface area contributed by atoms with Crippen molar-refractivity contribution >= 4 is 5.69 Å². The molecule has 0 atom stereocenters. The molecule has 20 heavy (non-hydrogen) atoms. The SMILES string of the molecule is [C-]#[N+]c1c(C(C)C)cc(-c2ccncc2)cc1C(C)C. The van der Waals surface area contributed by atoms with Gasteiger partial charge >= 0.3 is 0 Å². The summed E-state index contributed by atoms with van der Waals surface area (Å²) < 4.78 is 0. The van der Waals surface area contributed by atoms with Crippen LogP contribution in [0.1, 0.15) is 50.7 Å². The third-order valence-corrected chi connectivity index (χ3v) is 3.54. The van der Waals surface area contributed by atoms with Crippen LogP contribution in [-0.4, -0.2) is 4.98 Å². The molecule has 0 unspecified atom stereocenters. The molecule has 102 valence electrons. The van der Waals surface area contributed by atoms with Gasteiger partial charge in [-0.05, 0) is 46.2 Å². The fourth-order valence-electron chi connectivity index (χ4n) is 2.40. The highest BCUT2D eigenvalue weighted by atomic mass is 14.7. The Morgan fingerprint density at radius 1 is 0.900 bits per heavy atom. The lowest BCUT2D eigenvalue weighted by molar-refractivity contribution is 0.842. The van der Waals surface area contributed by atoms with E-state index in [-0.39, 0.29) is 0 Å². The minimum atomic E-state index is 0.346. The van der Waals surface area contributed by atoms with Crippen LogP contribution in [0.25, 0.3) is 16.0 Å². The Bertz CT molecular complexity index is 605. The molecule has 0 bridgehead atoms. The van der Waals surface area contributed by atoms with E-state index >= 15 is 0 Å². The fourth-order valence-corrected chi connectivity index (χ4v) is 2.40. The van der Waals surface area contributed by atoms with E-state index in [1.807, 2.05) is 24.5 Å². The summed E-state index contributed by atoms with van der Waals surface area (Å²) in [4.78, 5) is 7.86. The minimum Gasteiger partial charge on any atom is -0.265 e. The average molecular weight is 264 g/mol. The molecular weight excluding hydrogens is 244 g/mol. The van der Waals surface area contributed by atoms with Crippen molar-refractivity contribution in [3.63, 3.8) is 0 Å². The number of hydrogen-bond donors (Lipinski definition) is 0. The Balaban J connectivity index is 2.70. The van der Waals surface area contributed by atoms with Crippen molar-refractivity contribution in [2.75, 3.05) is 0 Å². The second kappa shape index (κ2) is 5.88. The molecule has 0 saturated carbocycles. The van der Waals surface area contributed by atoms with Gasteiger partial charge in [-0.15, -0.1) is 0 Å². The van der Waals surface area contributed by atoms with Gasteiger partial charge in [0.25, 0.3) is 0 Å². The number of pyridine rings is 1. The molecule has 0 aliphatic rings. The first-order valence-corrected chi connectivity index (χ1v) is 7.00. The summed E-state index contributed by atoms with van der Waals surface area (Å²) in [5, 5.41) is 0. The molecular formula is C18H20N2. The van der Waals surface area contributed by atoms with Crippen molar-refractivity contribution in [3.05, 3.63) is 59.2 Å². The maximum absolute atomic E-state index is 7.50. The first-order valence-electron chi connectivity index (χ1n) is 7.00. The maximum Gasteiger partial charge on any atom is 0.194 e. The van der Waals surface area contributed by atoms with Crippen LogP contribution in [-0.2, 0) is 0 Å². The van der Waals surface area contributed by atoms with Crippen LogP contribution >= 0.6 is 0 Å². The summed E-state index contributed by atoms with van der Waals surface area (Å²) in [5.74, 6) is 0.691. The van der Waals surface area contributed by atoms with Crippen LogP contribution in [0.5, 0.6) is 0 Å². The molecule has 1 heterocycles. The largest absolute Gasteiger partial charge is 0.265 e. The number of rotatable bonds is 3. The molecule has 2 rings (SSSR count). The molecule has 0 spiro atoms. The molecule has 2 nitrogen and oxygen atoms in total. The van der Waals surface area contributed by atoms with Crippen molar-refractivity contribution in [3.8, 4) is 11.1 Å². The van der Waals surface area contributed by atoms with Crippen LogP contribution in [0.4, 0.5) is 5.69 Å². The molecule has 0 saturated heterocycles. The summed E-state index contributed by atoms with van der Waals surface area (Å²) in [6.07, 6.45) is 3.62. The van der Waals surface area contributed by atoms with E-state index < -0.39 is 0 Å². The van der Waals surface area contributed by atoms with Gasteiger partial charge in [0.1, 0.15) is 0 Å². The van der Waals surface area contributed by atoms with Gasteiger partial charge in [-0.1, -0.05) is 39.8 Å². The van der Waals surface area contributed by atoms with E-state index in [1.54, 1.807) is 0 Å². The van der Waals surface area contributed by atoms with Gasteiger partial charge in [0.2, 0.25) is 0 Å². The van der Waals surface area contributed by atoms with E-state index in [0.29, 0.717) is 11.8 Å². The minimum absolute atomic E-state index is 0.346. The van der Waals surface area contributed by atoms with Crippen LogP contribution in [0, 0.1) is 6.57 Å². The Kier molecular flexibility index (Phi) is 4.20. The van der Waals surface area contributed by atoms with Gasteiger partial charge in [-0.3, -0.25) is 4.98 Å². The lowest BCUT2D eigenvalue weighted by Crippen LogP contribution is -1.96. The molecule has 0 N–H and O–H groups in total. The van der Waals surface area contributed by atoms with Gasteiger partial charge in [-0.25, -0.2) is 4.85 Å². The van der Waals surface area contributed by atoms with Crippen molar-refractivity contribution in [1.82, 2.24) is 4.98 Å². The molecule has 1 aromatic carbocycles. The zero-order valence-electron chi connectivity index (χ0n) is 12.5. The van der Waals surface area contributed by atoms with Gasteiger partial charge in [0.15, 0.2) is 5.69 Å². The topological polar surface area (TPSA) is 17.2 Å². The summed E-state index contributed by atoms with van der Waals surface area (Å²) in [7, 11) is 0. The highest BCUT2D eigenvalue weighted by Gasteiger charge is 2.16. The predicted octanol–water partition coefficient (Wildman–Crippen LogP) is 5.55. The normalized spacial score (nSPS) is 10.8. The number of aromatic nitrogens is 1. The van der Waals surface area contributed by atoms with E-state index in [1.165, 1.54) is 5.56 Å². The van der Waals surface area contributed by atoms with Crippen LogP contribution in [0.3, 0.4) is 0 Å². The van der Waals surface area contributed by atoms with E-state index in [4.69, 9.17) is 6.57 Å². The highest BCUT2D eigenvalue weighted by Crippen LogP contribution is 2.38. The van der Waals surface area contributed by atoms with Crippen LogP contribution in [0.2, 0.25) is 0 Å². The maximum atomic E-state index is 7.50. The third-order valence-electron chi connectivity index (χ3n) is 3.54. The second-order valence-electron chi connectivity index (χ2n) is 5.66. The third kappa shape index (κ3) is 2.72. The smallest absolute Gasteiger partial charge is 0.194 e. The molecule has 0 aliphatic carbocycles. The highest BCUT2D eigenvalue weighted by molar-refractivity contribution is 5.73. The molecule has 2 heteroatoms.